The van der Waals surface area contributed by atoms with Gasteiger partial charge in [0, 0.05) is 25.3 Å². The lowest BCUT2D eigenvalue weighted by Crippen LogP contribution is -2.34. The van der Waals surface area contributed by atoms with Crippen molar-refractivity contribution in [2.75, 3.05) is 18.1 Å². The van der Waals surface area contributed by atoms with Gasteiger partial charge in [0.05, 0.1) is 11.1 Å². The summed E-state index contributed by atoms with van der Waals surface area (Å²) >= 11 is 0. The molecule has 0 saturated heterocycles. The average molecular weight is 349 g/mol. The number of aromatic nitrogens is 1. The lowest BCUT2D eigenvalue weighted by molar-refractivity contribution is -0.384. The summed E-state index contributed by atoms with van der Waals surface area (Å²) in [5, 5.41) is 10.7. The second-order valence-corrected chi connectivity index (χ2v) is 5.14. The number of carbonyl (C=O) groups is 2. The number of rotatable bonds is 6. The van der Waals surface area contributed by atoms with Crippen molar-refractivity contribution in [1.82, 2.24) is 4.57 Å². The van der Waals surface area contributed by atoms with E-state index < -0.39 is 29.2 Å². The number of benzene rings is 1. The Morgan fingerprint density at radius 2 is 1.96 bits per heavy atom. The lowest BCUT2D eigenvalue weighted by Gasteiger charge is -2.20. The van der Waals surface area contributed by atoms with Gasteiger partial charge in [-0.15, -0.1) is 0 Å². The van der Waals surface area contributed by atoms with E-state index in [2.05, 4.69) is 0 Å². The molecule has 8 nitrogen and oxygen atoms in total. The van der Waals surface area contributed by atoms with Crippen LogP contribution >= 0.6 is 0 Å². The van der Waals surface area contributed by atoms with E-state index in [4.69, 9.17) is 4.74 Å². The third-order valence-corrected chi connectivity index (χ3v) is 3.49. The number of anilines is 1. The number of aryl methyl sites for hydroxylation is 1. The van der Waals surface area contributed by atoms with Crippen molar-refractivity contribution < 1.29 is 23.6 Å². The first-order valence-electron chi connectivity index (χ1n) is 7.37. The summed E-state index contributed by atoms with van der Waals surface area (Å²) in [5.74, 6) is -1.77. The molecule has 1 aromatic carbocycles. The van der Waals surface area contributed by atoms with Gasteiger partial charge in [-0.1, -0.05) is 0 Å². The maximum absolute atomic E-state index is 13.0. The number of ether oxygens (including phenoxy) is 1. The Bertz CT molecular complexity index is 801. The van der Waals surface area contributed by atoms with Crippen LogP contribution in [-0.2, 0) is 16.6 Å². The standard InChI is InChI=1S/C16H16FN3O5/c1-3-19(12-6-4-11(17)5-7-12)15(21)10-25-16(22)14-8-13(20(23)24)9-18(14)2/h4-9H,3,10H2,1-2H3. The van der Waals surface area contributed by atoms with Crippen molar-refractivity contribution in [1.29, 1.82) is 0 Å². The summed E-state index contributed by atoms with van der Waals surface area (Å²) in [7, 11) is 1.46. The van der Waals surface area contributed by atoms with E-state index in [-0.39, 0.29) is 11.4 Å². The molecular formula is C16H16FN3O5. The van der Waals surface area contributed by atoms with Gasteiger partial charge >= 0.3 is 5.97 Å². The van der Waals surface area contributed by atoms with Crippen LogP contribution in [0.2, 0.25) is 0 Å². The molecule has 0 unspecified atom stereocenters. The normalized spacial score (nSPS) is 10.4. The minimum Gasteiger partial charge on any atom is -0.451 e. The highest BCUT2D eigenvalue weighted by Gasteiger charge is 2.21. The lowest BCUT2D eigenvalue weighted by atomic mass is 10.2. The van der Waals surface area contributed by atoms with Crippen molar-refractivity contribution >= 4 is 23.3 Å². The van der Waals surface area contributed by atoms with Crippen molar-refractivity contribution in [3.05, 3.63) is 58.2 Å². The number of amides is 1. The van der Waals surface area contributed by atoms with E-state index in [1.807, 2.05) is 0 Å². The van der Waals surface area contributed by atoms with Crippen LogP contribution in [0.25, 0.3) is 0 Å². The summed E-state index contributed by atoms with van der Waals surface area (Å²) in [5.41, 5.74) is 0.186. The molecule has 0 N–H and O–H groups in total. The van der Waals surface area contributed by atoms with E-state index in [1.54, 1.807) is 6.92 Å². The van der Waals surface area contributed by atoms with Crippen LogP contribution in [0.5, 0.6) is 0 Å². The van der Waals surface area contributed by atoms with E-state index >= 15 is 0 Å². The Balaban J connectivity index is 2.04. The van der Waals surface area contributed by atoms with Crippen molar-refractivity contribution in [2.45, 2.75) is 6.92 Å². The van der Waals surface area contributed by atoms with E-state index in [1.165, 1.54) is 47.0 Å². The molecule has 1 amide bonds. The molecule has 0 fully saturated rings. The molecule has 0 radical (unpaired) electrons. The molecule has 0 spiro atoms. The van der Waals surface area contributed by atoms with E-state index in [0.717, 1.165) is 6.07 Å². The van der Waals surface area contributed by atoms with Crippen LogP contribution in [-0.4, -0.2) is 34.5 Å². The molecule has 1 heterocycles. The van der Waals surface area contributed by atoms with Gasteiger partial charge in [0.25, 0.3) is 11.6 Å². The highest BCUT2D eigenvalue weighted by molar-refractivity contribution is 5.96. The van der Waals surface area contributed by atoms with Crippen LogP contribution in [0.15, 0.2) is 36.5 Å². The molecule has 0 saturated carbocycles. The third kappa shape index (κ3) is 4.19. The fourth-order valence-electron chi connectivity index (χ4n) is 2.25. The van der Waals surface area contributed by atoms with Crippen LogP contribution in [0.3, 0.4) is 0 Å². The molecule has 0 atom stereocenters. The first-order valence-corrected chi connectivity index (χ1v) is 7.37. The van der Waals surface area contributed by atoms with Gasteiger partial charge in [-0.2, -0.15) is 0 Å². The highest BCUT2D eigenvalue weighted by atomic mass is 19.1. The average Bonchev–Trinajstić information content (AvgIpc) is 2.97. The fourth-order valence-corrected chi connectivity index (χ4v) is 2.25. The highest BCUT2D eigenvalue weighted by Crippen LogP contribution is 2.17. The summed E-state index contributed by atoms with van der Waals surface area (Å²) in [6.07, 6.45) is 1.18. The zero-order valence-corrected chi connectivity index (χ0v) is 13.6. The number of halogens is 1. The summed E-state index contributed by atoms with van der Waals surface area (Å²) in [6.45, 7) is 1.49. The molecule has 0 aliphatic rings. The van der Waals surface area contributed by atoms with Crippen molar-refractivity contribution in [3.63, 3.8) is 0 Å². The zero-order valence-electron chi connectivity index (χ0n) is 13.6. The van der Waals surface area contributed by atoms with Crippen LogP contribution in [0.1, 0.15) is 17.4 Å². The van der Waals surface area contributed by atoms with Crippen LogP contribution in [0.4, 0.5) is 15.8 Å². The number of hydrogen-bond donors (Lipinski definition) is 0. The fraction of sp³-hybridized carbons (Fsp3) is 0.250. The molecule has 1 aromatic heterocycles. The monoisotopic (exact) mass is 349 g/mol. The molecule has 9 heteroatoms. The Hall–Kier alpha value is -3.23. The predicted molar refractivity (Wildman–Crippen MR) is 86.8 cm³/mol. The summed E-state index contributed by atoms with van der Waals surface area (Å²) < 4.78 is 19.2. The van der Waals surface area contributed by atoms with Crippen LogP contribution in [0, 0.1) is 15.9 Å². The molecule has 2 aromatic rings. The molecule has 25 heavy (non-hydrogen) atoms. The Kier molecular flexibility index (Phi) is 5.48. The van der Waals surface area contributed by atoms with Crippen molar-refractivity contribution in [2.24, 2.45) is 7.05 Å². The first-order chi connectivity index (χ1) is 11.8. The van der Waals surface area contributed by atoms with Gasteiger partial charge in [-0.05, 0) is 31.2 Å². The maximum Gasteiger partial charge on any atom is 0.355 e. The minimum atomic E-state index is -0.848. The SMILES string of the molecule is CCN(C(=O)COC(=O)c1cc([N+](=O)[O-])cn1C)c1ccc(F)cc1. The van der Waals surface area contributed by atoms with Crippen molar-refractivity contribution in [3.8, 4) is 0 Å². The number of nitrogens with zero attached hydrogens (tertiary/aromatic N) is 3. The van der Waals surface area contributed by atoms with Gasteiger partial charge in [0.1, 0.15) is 11.5 Å². The number of esters is 1. The Morgan fingerprint density at radius 3 is 2.48 bits per heavy atom. The molecule has 132 valence electrons. The van der Waals surface area contributed by atoms with Gasteiger partial charge in [-0.25, -0.2) is 9.18 Å². The topological polar surface area (TPSA) is 94.7 Å². The number of likely N-dealkylation sites (N-methyl/N-ethyl adjacent to an activating group) is 1. The number of carbonyl (C=O) groups excluding carboxylic acids is 2. The van der Waals surface area contributed by atoms with Gasteiger partial charge < -0.3 is 14.2 Å². The molecule has 2 rings (SSSR count). The van der Waals surface area contributed by atoms with E-state index in [0.29, 0.717) is 12.2 Å². The first kappa shape index (κ1) is 18.1. The van der Waals surface area contributed by atoms with Crippen LogP contribution < -0.4 is 4.90 Å². The maximum atomic E-state index is 13.0. The summed E-state index contributed by atoms with van der Waals surface area (Å²) in [4.78, 5) is 35.7. The molecule has 0 bridgehead atoms. The second-order valence-electron chi connectivity index (χ2n) is 5.14. The summed E-state index contributed by atoms with van der Waals surface area (Å²) in [6, 6.07) is 6.41. The quantitative estimate of drug-likeness (QED) is 0.453. The molecule has 0 aliphatic carbocycles. The third-order valence-electron chi connectivity index (χ3n) is 3.49. The Labute approximate surface area is 142 Å². The van der Waals surface area contributed by atoms with Gasteiger partial charge in [0.15, 0.2) is 6.61 Å². The van der Waals surface area contributed by atoms with Gasteiger partial charge in [0.2, 0.25) is 0 Å². The molecular weight excluding hydrogens is 333 g/mol. The van der Waals surface area contributed by atoms with E-state index in [9.17, 15) is 24.1 Å². The number of hydrogen-bond acceptors (Lipinski definition) is 5. The van der Waals surface area contributed by atoms with Gasteiger partial charge in [-0.3, -0.25) is 14.9 Å². The smallest absolute Gasteiger partial charge is 0.355 e. The largest absolute Gasteiger partial charge is 0.451 e. The Morgan fingerprint density at radius 1 is 1.32 bits per heavy atom. The second kappa shape index (κ2) is 7.56. The minimum absolute atomic E-state index is 0.0377. The molecule has 0 aliphatic heterocycles. The predicted octanol–water partition coefficient (Wildman–Crippen LogP) is 2.28. The number of nitro groups is 1. The zero-order chi connectivity index (χ0) is 18.6.